The summed E-state index contributed by atoms with van der Waals surface area (Å²) in [7, 11) is 0. The highest BCUT2D eigenvalue weighted by molar-refractivity contribution is 14.1. The predicted molar refractivity (Wildman–Crippen MR) is 128 cm³/mol. The van der Waals surface area contributed by atoms with Crippen molar-refractivity contribution in [2.24, 2.45) is 0 Å². The van der Waals surface area contributed by atoms with E-state index in [2.05, 4.69) is 16.0 Å². The molecule has 2 aliphatic rings. The van der Waals surface area contributed by atoms with Crippen molar-refractivity contribution in [3.8, 4) is 0 Å². The molecule has 2 fully saturated rings. The lowest BCUT2D eigenvalue weighted by molar-refractivity contribution is -0.134. The number of likely N-dealkylation sites (tertiary alicyclic amines) is 1. The molecule has 0 saturated carbocycles. The first kappa shape index (κ1) is 26.2. The van der Waals surface area contributed by atoms with Crippen LogP contribution in [-0.4, -0.2) is 71.4 Å². The van der Waals surface area contributed by atoms with Crippen LogP contribution in [0.25, 0.3) is 0 Å². The van der Waals surface area contributed by atoms with E-state index in [0.717, 1.165) is 32.1 Å². The van der Waals surface area contributed by atoms with Crippen LogP contribution < -0.4 is 16.0 Å². The number of hydrogen-bond donors (Lipinski definition) is 5. The molecule has 0 unspecified atom stereocenters. The Balaban J connectivity index is 0.000000751. The SMILES string of the molecule is CC(=O)O.O=C(c1ccc(F)c(F)c1Nc1ccc(I)cc1F)N1CC(O)(CNC2CNC2)C1. The fraction of sp³-hybridized carbons (Fsp3) is 0.364. The maximum absolute atomic E-state index is 14.5. The normalized spacial score (nSPS) is 16.6. The fourth-order valence-corrected chi connectivity index (χ4v) is 3.89. The third kappa shape index (κ3) is 6.37. The van der Waals surface area contributed by atoms with E-state index in [4.69, 9.17) is 9.90 Å². The molecule has 2 aromatic rings. The van der Waals surface area contributed by atoms with Crippen molar-refractivity contribution in [3.63, 3.8) is 0 Å². The van der Waals surface area contributed by atoms with Crippen molar-refractivity contribution in [1.82, 2.24) is 15.5 Å². The van der Waals surface area contributed by atoms with Crippen LogP contribution in [0.15, 0.2) is 30.3 Å². The maximum atomic E-state index is 14.5. The maximum Gasteiger partial charge on any atom is 0.300 e. The zero-order valence-electron chi connectivity index (χ0n) is 18.2. The lowest BCUT2D eigenvalue weighted by atomic mass is 9.92. The molecule has 2 saturated heterocycles. The molecule has 2 aliphatic heterocycles. The number of rotatable bonds is 6. The molecule has 0 atom stereocenters. The Hall–Kier alpha value is -2.42. The number of carboxylic acid groups (broad SMARTS) is 1. The van der Waals surface area contributed by atoms with E-state index in [9.17, 15) is 23.1 Å². The first-order valence-corrected chi connectivity index (χ1v) is 11.4. The Labute approximate surface area is 207 Å². The summed E-state index contributed by atoms with van der Waals surface area (Å²) in [5.41, 5.74) is -1.72. The topological polar surface area (TPSA) is 114 Å². The second-order valence-corrected chi connectivity index (χ2v) is 9.42. The van der Waals surface area contributed by atoms with Gasteiger partial charge in [0.1, 0.15) is 11.4 Å². The third-order valence-corrected chi connectivity index (χ3v) is 5.95. The summed E-state index contributed by atoms with van der Waals surface area (Å²) >= 11 is 1.93. The monoisotopic (exact) mass is 592 g/mol. The van der Waals surface area contributed by atoms with Gasteiger partial charge in [-0.3, -0.25) is 9.59 Å². The minimum atomic E-state index is -1.27. The van der Waals surface area contributed by atoms with Crippen LogP contribution in [0.4, 0.5) is 24.5 Å². The van der Waals surface area contributed by atoms with Gasteiger partial charge in [0.05, 0.1) is 30.0 Å². The predicted octanol–water partition coefficient (Wildman–Crippen LogP) is 2.29. The van der Waals surface area contributed by atoms with Gasteiger partial charge in [-0.2, -0.15) is 0 Å². The van der Waals surface area contributed by atoms with E-state index in [1.54, 1.807) is 6.07 Å². The summed E-state index contributed by atoms with van der Waals surface area (Å²) in [5, 5.41) is 26.8. The van der Waals surface area contributed by atoms with Crippen molar-refractivity contribution >= 4 is 45.8 Å². The largest absolute Gasteiger partial charge is 0.481 e. The van der Waals surface area contributed by atoms with Gasteiger partial charge in [0.15, 0.2) is 11.6 Å². The number of halogens is 4. The number of carboxylic acids is 1. The molecule has 5 N–H and O–H groups in total. The molecule has 0 bridgehead atoms. The number of nitrogens with one attached hydrogen (secondary N) is 3. The van der Waals surface area contributed by atoms with Gasteiger partial charge in [-0.25, -0.2) is 13.2 Å². The summed E-state index contributed by atoms with van der Waals surface area (Å²) < 4.78 is 43.2. The van der Waals surface area contributed by atoms with Gasteiger partial charge >= 0.3 is 0 Å². The Bertz CT molecular complexity index is 1070. The Morgan fingerprint density at radius 2 is 1.82 bits per heavy atom. The Morgan fingerprint density at radius 1 is 1.18 bits per heavy atom. The molecule has 0 radical (unpaired) electrons. The molecule has 2 heterocycles. The summed E-state index contributed by atoms with van der Waals surface area (Å²) in [6, 6.07) is 6.54. The quantitative estimate of drug-likeness (QED) is 0.328. The first-order chi connectivity index (χ1) is 16.0. The standard InChI is InChI=1S/C20H20F3IN4O2.C2H4O2/c21-14-3-2-13(18(17(14)23)27-16-4-1-11(24)5-15(16)22)19(29)28-9-20(30,10-28)8-26-12-6-25-7-12;1-2(3)4/h1-5,12,25-27,30H,6-10H2;1H3,(H,3,4). The van der Waals surface area contributed by atoms with Gasteiger partial charge in [-0.15, -0.1) is 0 Å². The molecule has 0 aromatic heterocycles. The summed E-state index contributed by atoms with van der Waals surface area (Å²) in [4.78, 5) is 23.2. The molecule has 2 aromatic carbocycles. The molecule has 34 heavy (non-hydrogen) atoms. The number of aliphatic carboxylic acids is 1. The molecule has 0 aliphatic carbocycles. The molecule has 8 nitrogen and oxygen atoms in total. The number of carbonyl (C=O) groups is 2. The van der Waals surface area contributed by atoms with Crippen molar-refractivity contribution < 1.29 is 33.0 Å². The van der Waals surface area contributed by atoms with Crippen molar-refractivity contribution in [2.75, 3.05) is 38.0 Å². The summed E-state index contributed by atoms with van der Waals surface area (Å²) in [5.74, 6) is -4.48. The van der Waals surface area contributed by atoms with Crippen LogP contribution in [-0.2, 0) is 4.79 Å². The van der Waals surface area contributed by atoms with Crippen LogP contribution in [0.5, 0.6) is 0 Å². The number of aliphatic hydroxyl groups is 1. The number of amides is 1. The third-order valence-electron chi connectivity index (χ3n) is 5.27. The average Bonchev–Trinajstić information content (AvgIpc) is 2.69. The number of anilines is 2. The highest BCUT2D eigenvalue weighted by Gasteiger charge is 2.44. The van der Waals surface area contributed by atoms with Gasteiger partial charge in [0.2, 0.25) is 0 Å². The number of carbonyl (C=O) groups excluding carboxylic acids is 1. The average molecular weight is 592 g/mol. The molecular formula is C22H24F3IN4O4. The number of nitrogens with zero attached hydrogens (tertiary/aromatic N) is 1. The molecule has 1 amide bonds. The van der Waals surface area contributed by atoms with E-state index in [-0.39, 0.29) is 24.3 Å². The zero-order valence-corrected chi connectivity index (χ0v) is 20.3. The zero-order chi connectivity index (χ0) is 25.0. The van der Waals surface area contributed by atoms with E-state index in [1.165, 1.54) is 17.0 Å². The van der Waals surface area contributed by atoms with Crippen LogP contribution >= 0.6 is 22.6 Å². The number of β-amino-alcohol motifs (C(OH)–C–C–N with tert-alkyl or cyclic N) is 1. The Morgan fingerprint density at radius 3 is 2.38 bits per heavy atom. The minimum absolute atomic E-state index is 0.0648. The van der Waals surface area contributed by atoms with Crippen molar-refractivity contribution in [3.05, 3.63) is 56.9 Å². The highest BCUT2D eigenvalue weighted by Crippen LogP contribution is 2.31. The Kier molecular flexibility index (Phi) is 8.38. The lowest BCUT2D eigenvalue weighted by Gasteiger charge is -2.47. The molecular weight excluding hydrogens is 568 g/mol. The molecule has 184 valence electrons. The van der Waals surface area contributed by atoms with Crippen molar-refractivity contribution in [1.29, 1.82) is 0 Å². The number of benzene rings is 2. The summed E-state index contributed by atoms with van der Waals surface area (Å²) in [6.45, 7) is 3.21. The van der Waals surface area contributed by atoms with Gasteiger partial charge in [0.25, 0.3) is 11.9 Å². The van der Waals surface area contributed by atoms with E-state index < -0.39 is 40.6 Å². The molecule has 0 spiro atoms. The van der Waals surface area contributed by atoms with E-state index in [0.29, 0.717) is 16.2 Å². The van der Waals surface area contributed by atoms with Gasteiger partial charge in [0, 0.05) is 36.2 Å². The fourth-order valence-electron chi connectivity index (χ4n) is 3.43. The van der Waals surface area contributed by atoms with Gasteiger partial charge < -0.3 is 31.1 Å². The molecule has 4 rings (SSSR count). The smallest absolute Gasteiger partial charge is 0.300 e. The van der Waals surface area contributed by atoms with E-state index >= 15 is 0 Å². The van der Waals surface area contributed by atoms with Crippen LogP contribution in [0, 0.1) is 21.0 Å². The first-order valence-electron chi connectivity index (χ1n) is 10.3. The summed E-state index contributed by atoms with van der Waals surface area (Å²) in [6.07, 6.45) is 0. The van der Waals surface area contributed by atoms with Crippen LogP contribution in [0.3, 0.4) is 0 Å². The minimum Gasteiger partial charge on any atom is -0.481 e. The van der Waals surface area contributed by atoms with Crippen LogP contribution in [0.2, 0.25) is 0 Å². The van der Waals surface area contributed by atoms with Crippen LogP contribution in [0.1, 0.15) is 17.3 Å². The second-order valence-electron chi connectivity index (χ2n) is 8.17. The van der Waals surface area contributed by atoms with Gasteiger partial charge in [-0.05, 0) is 52.9 Å². The van der Waals surface area contributed by atoms with Gasteiger partial charge in [-0.1, -0.05) is 0 Å². The number of hydrogen-bond acceptors (Lipinski definition) is 6. The molecule has 12 heteroatoms. The van der Waals surface area contributed by atoms with E-state index in [1.807, 2.05) is 22.6 Å². The highest BCUT2D eigenvalue weighted by atomic mass is 127. The second kappa shape index (κ2) is 10.9. The van der Waals surface area contributed by atoms with Crippen molar-refractivity contribution in [2.45, 2.75) is 18.6 Å². The lowest BCUT2D eigenvalue weighted by Crippen LogP contribution is -2.69.